The molecule has 0 atom stereocenters. The van der Waals surface area contributed by atoms with Crippen LogP contribution in [0.4, 0.5) is 5.69 Å². The van der Waals surface area contributed by atoms with Gasteiger partial charge in [0.1, 0.15) is 5.69 Å². The number of hydrogen-bond donors (Lipinski definition) is 0. The van der Waals surface area contributed by atoms with E-state index in [2.05, 4.69) is 4.98 Å². The van der Waals surface area contributed by atoms with Crippen LogP contribution >= 0.6 is 0 Å². The van der Waals surface area contributed by atoms with Gasteiger partial charge in [-0.25, -0.2) is 0 Å². The van der Waals surface area contributed by atoms with Gasteiger partial charge in [0.05, 0.1) is 10.4 Å². The van der Waals surface area contributed by atoms with Crippen LogP contribution in [0, 0.1) is 10.1 Å². The van der Waals surface area contributed by atoms with E-state index in [1.54, 1.807) is 42.7 Å². The van der Waals surface area contributed by atoms with E-state index in [1.807, 2.05) is 0 Å². The molecule has 6 nitrogen and oxygen atoms in total. The number of non-ortho nitro benzene ring substituents is 1. The van der Waals surface area contributed by atoms with Crippen molar-refractivity contribution in [1.29, 1.82) is 0 Å². The van der Waals surface area contributed by atoms with Crippen LogP contribution in [-0.2, 0) is 0 Å². The Morgan fingerprint density at radius 1 is 1.20 bits per heavy atom. The molecule has 0 fully saturated rings. The van der Waals surface area contributed by atoms with Crippen molar-refractivity contribution in [2.75, 3.05) is 0 Å². The van der Waals surface area contributed by atoms with Crippen LogP contribution in [0.25, 0.3) is 10.9 Å². The summed E-state index contributed by atoms with van der Waals surface area (Å²) < 4.78 is 1.43. The summed E-state index contributed by atoms with van der Waals surface area (Å²) >= 11 is 0. The highest BCUT2D eigenvalue weighted by atomic mass is 16.6. The molecule has 0 radical (unpaired) electrons. The molecule has 0 N–H and O–H groups in total. The summed E-state index contributed by atoms with van der Waals surface area (Å²) in [7, 11) is 0. The van der Waals surface area contributed by atoms with Crippen LogP contribution in [0.15, 0.2) is 54.9 Å². The Balaban J connectivity index is 2.09. The number of benzene rings is 1. The van der Waals surface area contributed by atoms with Crippen molar-refractivity contribution in [1.82, 2.24) is 9.55 Å². The molecule has 0 unspecified atom stereocenters. The zero-order valence-electron chi connectivity index (χ0n) is 10.3. The van der Waals surface area contributed by atoms with E-state index >= 15 is 0 Å². The number of nitro benzene ring substituents is 1. The van der Waals surface area contributed by atoms with Crippen molar-refractivity contribution in [3.8, 4) is 0 Å². The van der Waals surface area contributed by atoms with Gasteiger partial charge in [0, 0.05) is 29.9 Å². The van der Waals surface area contributed by atoms with Crippen LogP contribution in [0.2, 0.25) is 0 Å². The molecule has 1 aromatic carbocycles. The van der Waals surface area contributed by atoms with Gasteiger partial charge in [-0.15, -0.1) is 0 Å². The summed E-state index contributed by atoms with van der Waals surface area (Å²) in [5.74, 6) is -0.269. The monoisotopic (exact) mass is 267 g/mol. The molecule has 0 amide bonds. The number of rotatable bonds is 2. The largest absolute Gasteiger partial charge is 0.282 e. The first-order valence-corrected chi connectivity index (χ1v) is 5.88. The SMILES string of the molecule is O=C(c1ccccn1)n1ccc2cc([N+](=O)[O-])ccc21. The van der Waals surface area contributed by atoms with Crippen molar-refractivity contribution in [2.45, 2.75) is 0 Å². The maximum atomic E-state index is 12.3. The van der Waals surface area contributed by atoms with Gasteiger partial charge >= 0.3 is 0 Å². The van der Waals surface area contributed by atoms with Crippen molar-refractivity contribution in [3.05, 3.63) is 70.7 Å². The van der Waals surface area contributed by atoms with Crippen molar-refractivity contribution < 1.29 is 9.72 Å². The molecule has 0 aliphatic rings. The maximum Gasteiger partial charge on any atom is 0.280 e. The molecule has 0 bridgehead atoms. The molecule has 3 aromatic rings. The van der Waals surface area contributed by atoms with Crippen LogP contribution in [0.5, 0.6) is 0 Å². The van der Waals surface area contributed by atoms with Crippen LogP contribution in [0.1, 0.15) is 10.5 Å². The van der Waals surface area contributed by atoms with Gasteiger partial charge in [-0.3, -0.25) is 24.5 Å². The van der Waals surface area contributed by atoms with E-state index in [1.165, 1.54) is 16.7 Å². The second kappa shape index (κ2) is 4.58. The highest BCUT2D eigenvalue weighted by molar-refractivity contribution is 6.01. The molecule has 0 aliphatic carbocycles. The fraction of sp³-hybridized carbons (Fsp3) is 0. The molecule has 2 heterocycles. The summed E-state index contributed by atoms with van der Waals surface area (Å²) in [5, 5.41) is 11.4. The average Bonchev–Trinajstić information content (AvgIpc) is 2.90. The Morgan fingerprint density at radius 2 is 2.05 bits per heavy atom. The lowest BCUT2D eigenvalue weighted by Gasteiger charge is -2.03. The molecule has 0 saturated carbocycles. The lowest BCUT2D eigenvalue weighted by molar-refractivity contribution is -0.384. The van der Waals surface area contributed by atoms with Gasteiger partial charge in [0.25, 0.3) is 11.6 Å². The van der Waals surface area contributed by atoms with Crippen molar-refractivity contribution in [3.63, 3.8) is 0 Å². The van der Waals surface area contributed by atoms with Gasteiger partial charge < -0.3 is 0 Å². The molecule has 98 valence electrons. The van der Waals surface area contributed by atoms with Crippen LogP contribution in [0.3, 0.4) is 0 Å². The minimum Gasteiger partial charge on any atom is -0.282 e. The second-order valence-electron chi connectivity index (χ2n) is 4.21. The molecular formula is C14H9N3O3. The van der Waals surface area contributed by atoms with Gasteiger partial charge in [-0.2, -0.15) is 0 Å². The second-order valence-corrected chi connectivity index (χ2v) is 4.21. The molecule has 0 aliphatic heterocycles. The highest BCUT2D eigenvalue weighted by Crippen LogP contribution is 2.22. The predicted octanol–water partition coefficient (Wildman–Crippen LogP) is 2.63. The maximum absolute atomic E-state index is 12.3. The lowest BCUT2D eigenvalue weighted by Crippen LogP contribution is -2.12. The molecule has 3 rings (SSSR count). The third kappa shape index (κ3) is 1.93. The number of pyridine rings is 1. The smallest absolute Gasteiger partial charge is 0.280 e. The van der Waals surface area contributed by atoms with Gasteiger partial charge in [-0.05, 0) is 24.3 Å². The zero-order valence-corrected chi connectivity index (χ0v) is 10.3. The Kier molecular flexibility index (Phi) is 2.76. The van der Waals surface area contributed by atoms with E-state index < -0.39 is 4.92 Å². The van der Waals surface area contributed by atoms with E-state index in [0.29, 0.717) is 16.6 Å². The quantitative estimate of drug-likeness (QED) is 0.528. The topological polar surface area (TPSA) is 78.0 Å². The van der Waals surface area contributed by atoms with E-state index in [9.17, 15) is 14.9 Å². The number of carbonyl (C=O) groups excluding carboxylic acids is 1. The summed E-state index contributed by atoms with van der Waals surface area (Å²) in [5.41, 5.74) is 0.940. The van der Waals surface area contributed by atoms with Crippen LogP contribution in [-0.4, -0.2) is 20.4 Å². The fourth-order valence-electron chi connectivity index (χ4n) is 2.03. The minimum absolute atomic E-state index is 0.000495. The number of nitrogens with zero attached hydrogens (tertiary/aromatic N) is 3. The first-order chi connectivity index (χ1) is 9.66. The summed E-state index contributed by atoms with van der Waals surface area (Å²) in [4.78, 5) is 26.6. The molecular weight excluding hydrogens is 258 g/mol. The number of carbonyl (C=O) groups is 1. The molecule has 0 saturated heterocycles. The molecule has 2 aromatic heterocycles. The summed E-state index contributed by atoms with van der Waals surface area (Å²) in [6.07, 6.45) is 3.13. The van der Waals surface area contributed by atoms with Gasteiger partial charge in [-0.1, -0.05) is 6.07 Å². The number of nitro groups is 1. The third-order valence-electron chi connectivity index (χ3n) is 2.99. The number of aromatic nitrogens is 2. The Morgan fingerprint density at radius 3 is 2.75 bits per heavy atom. The average molecular weight is 267 g/mol. The number of hydrogen-bond acceptors (Lipinski definition) is 4. The van der Waals surface area contributed by atoms with Crippen molar-refractivity contribution >= 4 is 22.5 Å². The molecule has 20 heavy (non-hydrogen) atoms. The first-order valence-electron chi connectivity index (χ1n) is 5.88. The van der Waals surface area contributed by atoms with E-state index in [0.717, 1.165) is 0 Å². The van der Waals surface area contributed by atoms with E-state index in [-0.39, 0.29) is 11.6 Å². The highest BCUT2D eigenvalue weighted by Gasteiger charge is 2.14. The third-order valence-corrected chi connectivity index (χ3v) is 2.99. The van der Waals surface area contributed by atoms with Gasteiger partial charge in [0.2, 0.25) is 0 Å². The summed E-state index contributed by atoms with van der Waals surface area (Å²) in [6, 6.07) is 11.1. The summed E-state index contributed by atoms with van der Waals surface area (Å²) in [6.45, 7) is 0. The molecule has 6 heteroatoms. The Hall–Kier alpha value is -3.02. The fourth-order valence-corrected chi connectivity index (χ4v) is 2.03. The predicted molar refractivity (Wildman–Crippen MR) is 72.6 cm³/mol. The Labute approximate surface area is 113 Å². The van der Waals surface area contributed by atoms with Crippen LogP contribution < -0.4 is 0 Å². The normalized spacial score (nSPS) is 10.6. The lowest BCUT2D eigenvalue weighted by atomic mass is 10.2. The standard InChI is InChI=1S/C14H9N3O3/c18-14(12-3-1-2-7-15-12)16-8-6-10-9-11(17(19)20)4-5-13(10)16/h1-9H. The first kappa shape index (κ1) is 12.0. The van der Waals surface area contributed by atoms with E-state index in [4.69, 9.17) is 0 Å². The number of fused-ring (bicyclic) bond motifs is 1. The van der Waals surface area contributed by atoms with Gasteiger partial charge in [0.15, 0.2) is 0 Å². The van der Waals surface area contributed by atoms with Crippen molar-refractivity contribution in [2.24, 2.45) is 0 Å². The molecule has 0 spiro atoms. The Bertz CT molecular complexity index is 809. The minimum atomic E-state index is -0.461. The zero-order chi connectivity index (χ0) is 14.1.